The van der Waals surface area contributed by atoms with Gasteiger partial charge in [0.25, 0.3) is 5.91 Å². The molecule has 4 aromatic rings. The average Bonchev–Trinajstić information content (AvgIpc) is 3.32. The largest absolute Gasteiger partial charge is 0.497 e. The van der Waals surface area contributed by atoms with Crippen molar-refractivity contribution >= 4 is 16.8 Å². The van der Waals surface area contributed by atoms with Crippen molar-refractivity contribution in [2.75, 3.05) is 35.0 Å². The third kappa shape index (κ3) is 4.37. The Bertz CT molecular complexity index is 1300. The van der Waals surface area contributed by atoms with Gasteiger partial charge in [-0.05, 0) is 29.8 Å². The Morgan fingerprint density at radius 1 is 0.853 bits per heavy atom. The van der Waals surface area contributed by atoms with Crippen LogP contribution in [0.1, 0.15) is 27.4 Å². The van der Waals surface area contributed by atoms with Crippen molar-refractivity contribution in [2.45, 2.75) is 5.92 Å². The minimum absolute atomic E-state index is 0.200. The molecule has 0 aliphatic carbocycles. The third-order valence-corrected chi connectivity index (χ3v) is 5.93. The molecular formula is C27H28N2O5. The number of nitrogens with one attached hydrogen (secondary N) is 2. The van der Waals surface area contributed by atoms with E-state index in [9.17, 15) is 4.79 Å². The van der Waals surface area contributed by atoms with Crippen molar-refractivity contribution in [1.29, 1.82) is 0 Å². The Kier molecular flexibility index (Phi) is 6.92. The standard InChI is InChI=1S/C27H28N2O5/c1-31-17-12-13-20(25(14-17)33-3)27(30)29-16-22(19-9-7-11-24(32-2)26(19)34-4)21-15-28-23-10-6-5-8-18(21)23/h5-15,22,28H,16H2,1-4H3,(H,29,30). The summed E-state index contributed by atoms with van der Waals surface area (Å²) in [5, 5.41) is 4.16. The Hall–Kier alpha value is -4.13. The van der Waals surface area contributed by atoms with Crippen LogP contribution in [0.25, 0.3) is 10.9 Å². The molecule has 3 aromatic carbocycles. The quantitative estimate of drug-likeness (QED) is 0.376. The van der Waals surface area contributed by atoms with Gasteiger partial charge in [-0.25, -0.2) is 0 Å². The maximum Gasteiger partial charge on any atom is 0.255 e. The van der Waals surface area contributed by atoms with E-state index >= 15 is 0 Å². The SMILES string of the molecule is COc1ccc(C(=O)NCC(c2cccc(OC)c2OC)c2c[nH]c3ccccc23)c(OC)c1. The van der Waals surface area contributed by atoms with Gasteiger partial charge in [0.2, 0.25) is 0 Å². The number of methoxy groups -OCH3 is 4. The lowest BCUT2D eigenvalue weighted by molar-refractivity contribution is 0.0949. The Morgan fingerprint density at radius 3 is 2.38 bits per heavy atom. The van der Waals surface area contributed by atoms with Crippen LogP contribution in [0.4, 0.5) is 0 Å². The summed E-state index contributed by atoms with van der Waals surface area (Å²) in [5.74, 6) is 1.88. The number of carbonyl (C=O) groups is 1. The lowest BCUT2D eigenvalue weighted by Crippen LogP contribution is -2.29. The Balaban J connectivity index is 1.73. The molecule has 0 radical (unpaired) electrons. The molecule has 0 fully saturated rings. The molecular weight excluding hydrogens is 432 g/mol. The fourth-order valence-electron chi connectivity index (χ4n) is 4.23. The third-order valence-electron chi connectivity index (χ3n) is 5.93. The molecule has 176 valence electrons. The Labute approximate surface area is 198 Å². The number of ether oxygens (including phenoxy) is 4. The van der Waals surface area contributed by atoms with Gasteiger partial charge in [0.15, 0.2) is 11.5 Å². The number of para-hydroxylation sites is 2. The molecule has 1 aromatic heterocycles. The monoisotopic (exact) mass is 460 g/mol. The molecule has 1 heterocycles. The molecule has 2 N–H and O–H groups in total. The second-order valence-corrected chi connectivity index (χ2v) is 7.70. The highest BCUT2D eigenvalue weighted by atomic mass is 16.5. The number of H-pyrrole nitrogens is 1. The number of hydrogen-bond donors (Lipinski definition) is 2. The van der Waals surface area contributed by atoms with Crippen LogP contribution in [-0.4, -0.2) is 45.9 Å². The second kappa shape index (κ2) is 10.2. The van der Waals surface area contributed by atoms with Crippen LogP contribution >= 0.6 is 0 Å². The second-order valence-electron chi connectivity index (χ2n) is 7.70. The van der Waals surface area contributed by atoms with Gasteiger partial charge in [-0.15, -0.1) is 0 Å². The molecule has 0 aliphatic heterocycles. The van der Waals surface area contributed by atoms with Gasteiger partial charge in [0.1, 0.15) is 11.5 Å². The fourth-order valence-corrected chi connectivity index (χ4v) is 4.23. The predicted molar refractivity (Wildman–Crippen MR) is 132 cm³/mol. The van der Waals surface area contributed by atoms with Crippen molar-refractivity contribution in [2.24, 2.45) is 0 Å². The number of carbonyl (C=O) groups excluding carboxylic acids is 1. The molecule has 0 saturated carbocycles. The lowest BCUT2D eigenvalue weighted by atomic mass is 9.89. The van der Waals surface area contributed by atoms with Crippen molar-refractivity contribution in [3.8, 4) is 23.0 Å². The molecule has 0 aliphatic rings. The average molecular weight is 461 g/mol. The smallest absolute Gasteiger partial charge is 0.255 e. The summed E-state index contributed by atoms with van der Waals surface area (Å²) in [6.07, 6.45) is 1.98. The molecule has 1 amide bonds. The zero-order valence-corrected chi connectivity index (χ0v) is 19.7. The summed E-state index contributed by atoms with van der Waals surface area (Å²) in [6, 6.07) is 19.0. The van der Waals surface area contributed by atoms with Gasteiger partial charge in [-0.1, -0.05) is 30.3 Å². The van der Waals surface area contributed by atoms with E-state index in [4.69, 9.17) is 18.9 Å². The van der Waals surface area contributed by atoms with E-state index in [1.54, 1.807) is 39.5 Å². The maximum absolute atomic E-state index is 13.2. The fraction of sp³-hybridized carbons (Fsp3) is 0.222. The Morgan fingerprint density at radius 2 is 1.65 bits per heavy atom. The minimum Gasteiger partial charge on any atom is -0.497 e. The summed E-state index contributed by atoms with van der Waals surface area (Å²) in [6.45, 7) is 0.333. The molecule has 1 atom stereocenters. The highest BCUT2D eigenvalue weighted by molar-refractivity contribution is 5.97. The van der Waals surface area contributed by atoms with Crippen molar-refractivity contribution in [3.05, 3.63) is 83.6 Å². The van der Waals surface area contributed by atoms with Crippen LogP contribution in [0, 0.1) is 0 Å². The summed E-state index contributed by atoms with van der Waals surface area (Å²) < 4.78 is 21.9. The van der Waals surface area contributed by atoms with Gasteiger partial charge in [0, 0.05) is 41.2 Å². The summed E-state index contributed by atoms with van der Waals surface area (Å²) >= 11 is 0. The number of hydrogen-bond acceptors (Lipinski definition) is 5. The maximum atomic E-state index is 13.2. The van der Waals surface area contributed by atoms with Crippen LogP contribution in [0.2, 0.25) is 0 Å². The van der Waals surface area contributed by atoms with E-state index in [-0.39, 0.29) is 11.8 Å². The van der Waals surface area contributed by atoms with Crippen LogP contribution in [0.15, 0.2) is 66.9 Å². The first-order chi connectivity index (χ1) is 16.6. The number of aromatic nitrogens is 1. The summed E-state index contributed by atoms with van der Waals surface area (Å²) in [5.41, 5.74) is 3.41. The van der Waals surface area contributed by atoms with Gasteiger partial charge < -0.3 is 29.2 Å². The van der Waals surface area contributed by atoms with Gasteiger partial charge in [0.05, 0.1) is 34.0 Å². The highest BCUT2D eigenvalue weighted by Gasteiger charge is 2.25. The van der Waals surface area contributed by atoms with Gasteiger partial charge >= 0.3 is 0 Å². The van der Waals surface area contributed by atoms with E-state index < -0.39 is 0 Å². The van der Waals surface area contributed by atoms with Crippen molar-refractivity contribution in [3.63, 3.8) is 0 Å². The predicted octanol–water partition coefficient (Wildman–Crippen LogP) is 4.76. The normalized spacial score (nSPS) is 11.6. The van der Waals surface area contributed by atoms with Crippen LogP contribution in [-0.2, 0) is 0 Å². The number of aromatic amines is 1. The van der Waals surface area contributed by atoms with E-state index in [0.29, 0.717) is 35.1 Å². The molecule has 0 spiro atoms. The van der Waals surface area contributed by atoms with Crippen LogP contribution in [0.5, 0.6) is 23.0 Å². The van der Waals surface area contributed by atoms with Crippen LogP contribution < -0.4 is 24.3 Å². The van der Waals surface area contributed by atoms with Crippen LogP contribution in [0.3, 0.4) is 0 Å². The molecule has 0 saturated heterocycles. The molecule has 4 rings (SSSR count). The summed E-state index contributed by atoms with van der Waals surface area (Å²) in [7, 11) is 6.33. The van der Waals surface area contributed by atoms with E-state index in [1.165, 1.54) is 7.11 Å². The molecule has 7 nitrogen and oxygen atoms in total. The molecule has 34 heavy (non-hydrogen) atoms. The van der Waals surface area contributed by atoms with Gasteiger partial charge in [-0.2, -0.15) is 0 Å². The van der Waals surface area contributed by atoms with Gasteiger partial charge in [-0.3, -0.25) is 4.79 Å². The zero-order valence-electron chi connectivity index (χ0n) is 19.7. The topological polar surface area (TPSA) is 81.8 Å². The van der Waals surface area contributed by atoms with E-state index in [0.717, 1.165) is 22.0 Å². The zero-order chi connectivity index (χ0) is 24.1. The first kappa shape index (κ1) is 23.0. The molecule has 0 bridgehead atoms. The number of fused-ring (bicyclic) bond motifs is 1. The molecule has 1 unspecified atom stereocenters. The number of benzene rings is 3. The summed E-state index contributed by atoms with van der Waals surface area (Å²) in [4.78, 5) is 16.5. The first-order valence-corrected chi connectivity index (χ1v) is 10.9. The molecule has 7 heteroatoms. The lowest BCUT2D eigenvalue weighted by Gasteiger charge is -2.22. The number of rotatable bonds is 9. The highest BCUT2D eigenvalue weighted by Crippen LogP contribution is 2.40. The van der Waals surface area contributed by atoms with E-state index in [1.807, 2.05) is 42.6 Å². The minimum atomic E-state index is -0.244. The first-order valence-electron chi connectivity index (χ1n) is 10.9. The van der Waals surface area contributed by atoms with E-state index in [2.05, 4.69) is 16.4 Å². The van der Waals surface area contributed by atoms with Crippen molar-refractivity contribution < 1.29 is 23.7 Å². The van der Waals surface area contributed by atoms with Crippen molar-refractivity contribution in [1.82, 2.24) is 10.3 Å². The number of amides is 1.